The Morgan fingerprint density at radius 1 is 1.57 bits per heavy atom. The number of nitrogens with one attached hydrogen (secondary N) is 1. The molecule has 1 heterocycles. The first kappa shape index (κ1) is 17.8. The van der Waals surface area contributed by atoms with Crippen LogP contribution in [0.15, 0.2) is 10.3 Å². The fourth-order valence-electron chi connectivity index (χ4n) is 1.65. The molecule has 4 N–H and O–H groups in total. The highest BCUT2D eigenvalue weighted by Gasteiger charge is 2.32. The smallest absolute Gasteiger partial charge is 0.306 e. The molecule has 0 amide bonds. The van der Waals surface area contributed by atoms with Crippen molar-refractivity contribution in [2.24, 2.45) is 5.84 Å². The lowest BCUT2D eigenvalue weighted by atomic mass is 10.1. The number of thiophene rings is 1. The van der Waals surface area contributed by atoms with Crippen LogP contribution in [0.5, 0.6) is 0 Å². The van der Waals surface area contributed by atoms with Crippen LogP contribution in [0, 0.1) is 10.1 Å². The van der Waals surface area contributed by atoms with Gasteiger partial charge in [0.2, 0.25) is 0 Å². The summed E-state index contributed by atoms with van der Waals surface area (Å²) < 4.78 is 25.8. The SMILES string of the molecule is CCN(CC(C)(C)O)S(=O)(=O)c1cc([N+](=O)[O-])c(NN)s1. The second-order valence-corrected chi connectivity index (χ2v) is 8.14. The first-order chi connectivity index (χ1) is 9.52. The first-order valence-electron chi connectivity index (χ1n) is 6.00. The van der Waals surface area contributed by atoms with E-state index in [0.717, 1.165) is 10.4 Å². The van der Waals surface area contributed by atoms with Crippen LogP contribution in [0.4, 0.5) is 10.7 Å². The Morgan fingerprint density at radius 2 is 2.14 bits per heavy atom. The number of hydrogen-bond acceptors (Lipinski definition) is 8. The van der Waals surface area contributed by atoms with Crippen LogP contribution >= 0.6 is 11.3 Å². The van der Waals surface area contributed by atoms with E-state index in [9.17, 15) is 23.6 Å². The number of rotatable bonds is 7. The zero-order valence-electron chi connectivity index (χ0n) is 11.9. The molecular formula is C10H18N4O5S2. The Balaban J connectivity index is 3.26. The molecule has 0 aromatic carbocycles. The number of nitrogen functional groups attached to an aromatic ring is 1. The number of nitrogens with zero attached hydrogens (tertiary/aromatic N) is 2. The molecule has 120 valence electrons. The maximum atomic E-state index is 12.5. The van der Waals surface area contributed by atoms with Crippen LogP contribution < -0.4 is 11.3 Å². The van der Waals surface area contributed by atoms with Gasteiger partial charge in [0, 0.05) is 19.2 Å². The molecule has 0 radical (unpaired) electrons. The van der Waals surface area contributed by atoms with Crippen molar-refractivity contribution < 1.29 is 18.4 Å². The minimum Gasteiger partial charge on any atom is -0.389 e. The second-order valence-electron chi connectivity index (χ2n) is 4.92. The first-order valence-corrected chi connectivity index (χ1v) is 8.26. The second kappa shape index (κ2) is 6.23. The molecule has 0 spiro atoms. The summed E-state index contributed by atoms with van der Waals surface area (Å²) in [6.07, 6.45) is 0. The highest BCUT2D eigenvalue weighted by Crippen LogP contribution is 2.37. The molecule has 0 unspecified atom stereocenters. The molecule has 0 bridgehead atoms. The van der Waals surface area contributed by atoms with E-state index in [0.29, 0.717) is 11.3 Å². The van der Waals surface area contributed by atoms with Crippen molar-refractivity contribution in [3.05, 3.63) is 16.2 Å². The lowest BCUT2D eigenvalue weighted by Crippen LogP contribution is -2.41. The third kappa shape index (κ3) is 4.11. The lowest BCUT2D eigenvalue weighted by molar-refractivity contribution is -0.383. The summed E-state index contributed by atoms with van der Waals surface area (Å²) in [5, 5.41) is 20.6. The van der Waals surface area contributed by atoms with Gasteiger partial charge in [-0.1, -0.05) is 18.3 Å². The van der Waals surface area contributed by atoms with E-state index in [1.807, 2.05) is 0 Å². The molecule has 0 aliphatic heterocycles. The minimum absolute atomic E-state index is 0.0436. The van der Waals surface area contributed by atoms with Gasteiger partial charge in [0.05, 0.1) is 10.5 Å². The zero-order valence-corrected chi connectivity index (χ0v) is 13.5. The average Bonchev–Trinajstić information content (AvgIpc) is 2.79. The van der Waals surface area contributed by atoms with Gasteiger partial charge in [0.1, 0.15) is 4.21 Å². The number of anilines is 1. The van der Waals surface area contributed by atoms with Gasteiger partial charge < -0.3 is 10.5 Å². The Kier molecular flexibility index (Phi) is 5.28. The Morgan fingerprint density at radius 3 is 2.48 bits per heavy atom. The molecule has 11 heteroatoms. The summed E-state index contributed by atoms with van der Waals surface area (Å²) in [4.78, 5) is 10.1. The minimum atomic E-state index is -3.94. The molecule has 0 aliphatic carbocycles. The molecule has 1 aromatic rings. The summed E-state index contributed by atoms with van der Waals surface area (Å²) in [6.45, 7) is 4.59. The third-order valence-electron chi connectivity index (χ3n) is 2.53. The zero-order chi connectivity index (χ0) is 16.4. The van der Waals surface area contributed by atoms with Crippen LogP contribution in [-0.4, -0.2) is 41.4 Å². The van der Waals surface area contributed by atoms with Crippen molar-refractivity contribution in [3.63, 3.8) is 0 Å². The number of nitrogens with two attached hydrogens (primary N) is 1. The Hall–Kier alpha value is -1.27. The van der Waals surface area contributed by atoms with Gasteiger partial charge >= 0.3 is 5.69 Å². The van der Waals surface area contributed by atoms with Gasteiger partial charge in [0.25, 0.3) is 10.0 Å². The van der Waals surface area contributed by atoms with Crippen LogP contribution in [0.25, 0.3) is 0 Å². The summed E-state index contributed by atoms with van der Waals surface area (Å²) in [7, 11) is -3.94. The molecule has 0 saturated heterocycles. The molecule has 1 aromatic heterocycles. The standard InChI is InChI=1S/C10H18N4O5S2/c1-4-13(6-10(2,3)15)21(18,19)8-5-7(14(16)17)9(12-11)20-8/h5,12,15H,4,6,11H2,1-3H3. The van der Waals surface area contributed by atoms with Crippen LogP contribution in [-0.2, 0) is 10.0 Å². The van der Waals surface area contributed by atoms with Gasteiger partial charge in [-0.05, 0) is 13.8 Å². The van der Waals surface area contributed by atoms with Crippen molar-refractivity contribution in [1.29, 1.82) is 0 Å². The number of hydrazine groups is 1. The number of nitro groups is 1. The van der Waals surface area contributed by atoms with Gasteiger partial charge in [-0.15, -0.1) is 0 Å². The molecule has 0 atom stereocenters. The fraction of sp³-hybridized carbons (Fsp3) is 0.600. The molecule has 0 fully saturated rings. The number of hydrogen-bond donors (Lipinski definition) is 3. The number of aliphatic hydroxyl groups is 1. The predicted molar refractivity (Wildman–Crippen MR) is 79.5 cm³/mol. The van der Waals surface area contributed by atoms with Gasteiger partial charge in [-0.25, -0.2) is 14.3 Å². The van der Waals surface area contributed by atoms with E-state index in [1.54, 1.807) is 6.92 Å². The fourth-order valence-corrected chi connectivity index (χ4v) is 4.65. The third-order valence-corrected chi connectivity index (χ3v) is 5.95. The van der Waals surface area contributed by atoms with Crippen LogP contribution in [0.2, 0.25) is 0 Å². The van der Waals surface area contributed by atoms with Gasteiger partial charge in [0.15, 0.2) is 5.00 Å². The molecule has 0 aliphatic rings. The molecule has 1 rings (SSSR count). The summed E-state index contributed by atoms with van der Waals surface area (Å²) in [5.74, 6) is 5.16. The highest BCUT2D eigenvalue weighted by atomic mass is 32.2. The van der Waals surface area contributed by atoms with E-state index < -0.39 is 26.2 Å². The monoisotopic (exact) mass is 338 g/mol. The lowest BCUT2D eigenvalue weighted by Gasteiger charge is -2.26. The molecule has 21 heavy (non-hydrogen) atoms. The molecule has 0 saturated carbocycles. The van der Waals surface area contributed by atoms with E-state index in [1.165, 1.54) is 13.8 Å². The molecule has 9 nitrogen and oxygen atoms in total. The van der Waals surface area contributed by atoms with Gasteiger partial charge in [-0.2, -0.15) is 4.31 Å². The summed E-state index contributed by atoms with van der Waals surface area (Å²) in [5.41, 5.74) is 0.496. The van der Waals surface area contributed by atoms with E-state index >= 15 is 0 Å². The highest BCUT2D eigenvalue weighted by molar-refractivity contribution is 7.91. The predicted octanol–water partition coefficient (Wildman–Crippen LogP) is 0.723. The van der Waals surface area contributed by atoms with Crippen molar-refractivity contribution in [1.82, 2.24) is 4.31 Å². The quantitative estimate of drug-likeness (QED) is 0.378. The normalized spacial score (nSPS) is 12.7. The van der Waals surface area contributed by atoms with E-state index in [4.69, 9.17) is 5.84 Å². The number of sulfonamides is 1. The van der Waals surface area contributed by atoms with Crippen LogP contribution in [0.1, 0.15) is 20.8 Å². The van der Waals surface area contributed by atoms with Gasteiger partial charge in [-0.3, -0.25) is 10.1 Å². The summed E-state index contributed by atoms with van der Waals surface area (Å²) >= 11 is 0.675. The maximum absolute atomic E-state index is 12.5. The number of likely N-dealkylation sites (N-methyl/N-ethyl adjacent to an activating group) is 1. The maximum Gasteiger partial charge on any atom is 0.306 e. The Labute approximate surface area is 126 Å². The van der Waals surface area contributed by atoms with Crippen molar-refractivity contribution in [2.75, 3.05) is 18.5 Å². The van der Waals surface area contributed by atoms with Crippen molar-refractivity contribution in [2.45, 2.75) is 30.6 Å². The van der Waals surface area contributed by atoms with Crippen molar-refractivity contribution >= 4 is 32.0 Å². The van der Waals surface area contributed by atoms with Crippen molar-refractivity contribution in [3.8, 4) is 0 Å². The van der Waals surface area contributed by atoms with Crippen LogP contribution in [0.3, 0.4) is 0 Å². The largest absolute Gasteiger partial charge is 0.389 e. The summed E-state index contributed by atoms with van der Waals surface area (Å²) in [6, 6.07) is 0.961. The average molecular weight is 338 g/mol. The topological polar surface area (TPSA) is 139 Å². The van der Waals surface area contributed by atoms with E-state index in [-0.39, 0.29) is 22.3 Å². The Bertz CT molecular complexity index is 620. The van der Waals surface area contributed by atoms with E-state index in [2.05, 4.69) is 5.43 Å². The molecular weight excluding hydrogens is 320 g/mol.